The van der Waals surface area contributed by atoms with Crippen LogP contribution in [0.15, 0.2) is 18.7 Å². The van der Waals surface area contributed by atoms with Crippen LogP contribution in [0.2, 0.25) is 0 Å². The molecule has 0 N–H and O–H groups in total. The molecule has 2 nitrogen and oxygen atoms in total. The van der Waals surface area contributed by atoms with E-state index in [1.54, 1.807) is 0 Å². The minimum Gasteiger partial charge on any atom is -0.337 e. The summed E-state index contributed by atoms with van der Waals surface area (Å²) in [5.41, 5.74) is 0. The fraction of sp³-hybridized carbons (Fsp3) is 0.700. The zero-order valence-electron chi connectivity index (χ0n) is 8.44. The molecule has 0 radical (unpaired) electrons. The second-order valence-electron chi connectivity index (χ2n) is 3.32. The van der Waals surface area contributed by atoms with Crippen LogP contribution in [0.3, 0.4) is 0 Å². The predicted octanol–water partition coefficient (Wildman–Crippen LogP) is 3.29. The number of hydrogen-bond donors (Lipinski definition) is 0. The van der Waals surface area contributed by atoms with E-state index < -0.39 is 0 Å². The molecule has 1 unspecified atom stereocenters. The summed E-state index contributed by atoms with van der Waals surface area (Å²) in [7, 11) is 0. The van der Waals surface area contributed by atoms with Crippen molar-refractivity contribution in [2.45, 2.75) is 39.7 Å². The number of imidazole rings is 1. The average molecular weight is 247 g/mol. The first-order valence-corrected chi connectivity index (χ1v) is 4.82. The van der Waals surface area contributed by atoms with Gasteiger partial charge in [-0.25, -0.2) is 4.98 Å². The molecule has 0 spiro atoms. The highest BCUT2D eigenvalue weighted by molar-refractivity contribution is 8.93. The third kappa shape index (κ3) is 4.46. The summed E-state index contributed by atoms with van der Waals surface area (Å²) < 4.78 is 2.17. The van der Waals surface area contributed by atoms with Crippen LogP contribution in [-0.4, -0.2) is 9.55 Å². The van der Waals surface area contributed by atoms with Crippen molar-refractivity contribution in [3.8, 4) is 0 Å². The van der Waals surface area contributed by atoms with E-state index >= 15 is 0 Å². The number of rotatable bonds is 5. The maximum atomic E-state index is 4.03. The van der Waals surface area contributed by atoms with E-state index in [0.29, 0.717) is 0 Å². The lowest BCUT2D eigenvalue weighted by molar-refractivity contribution is 0.399. The SMILES string of the molecule is Br.CCCC(CC)Cn1ccnc1. The topological polar surface area (TPSA) is 17.8 Å². The summed E-state index contributed by atoms with van der Waals surface area (Å²) in [5.74, 6) is 0.823. The maximum Gasteiger partial charge on any atom is 0.0945 e. The van der Waals surface area contributed by atoms with E-state index in [1.165, 1.54) is 19.3 Å². The molecule has 1 rings (SSSR count). The number of halogens is 1. The van der Waals surface area contributed by atoms with E-state index in [-0.39, 0.29) is 17.0 Å². The lowest BCUT2D eigenvalue weighted by Gasteiger charge is -2.13. The van der Waals surface area contributed by atoms with Crippen molar-refractivity contribution in [1.82, 2.24) is 9.55 Å². The van der Waals surface area contributed by atoms with Crippen molar-refractivity contribution < 1.29 is 0 Å². The molecule has 3 heteroatoms. The summed E-state index contributed by atoms with van der Waals surface area (Å²) in [6, 6.07) is 0. The minimum atomic E-state index is 0. The fourth-order valence-corrected chi connectivity index (χ4v) is 1.53. The molecule has 0 fully saturated rings. The standard InChI is InChI=1S/C10H18N2.BrH/c1-3-5-10(4-2)8-12-7-6-11-9-12;/h6-7,9-10H,3-5,8H2,1-2H3;1H. The molecular formula is C10H19BrN2. The molecule has 0 aliphatic carbocycles. The Kier molecular flexibility index (Phi) is 6.96. The molecular weight excluding hydrogens is 228 g/mol. The van der Waals surface area contributed by atoms with Crippen molar-refractivity contribution in [2.24, 2.45) is 5.92 Å². The molecule has 1 aromatic heterocycles. The van der Waals surface area contributed by atoms with Gasteiger partial charge >= 0.3 is 0 Å². The van der Waals surface area contributed by atoms with Gasteiger partial charge in [-0.3, -0.25) is 0 Å². The van der Waals surface area contributed by atoms with E-state index in [4.69, 9.17) is 0 Å². The molecule has 0 saturated carbocycles. The van der Waals surface area contributed by atoms with Gasteiger partial charge in [-0.1, -0.05) is 26.7 Å². The Morgan fingerprint density at radius 3 is 2.62 bits per heavy atom. The third-order valence-electron chi connectivity index (χ3n) is 2.30. The molecule has 13 heavy (non-hydrogen) atoms. The summed E-state index contributed by atoms with van der Waals surface area (Å²) in [6.07, 6.45) is 9.67. The maximum absolute atomic E-state index is 4.03. The smallest absolute Gasteiger partial charge is 0.0945 e. The van der Waals surface area contributed by atoms with E-state index in [1.807, 2.05) is 18.7 Å². The summed E-state index contributed by atoms with van der Waals surface area (Å²) in [5, 5.41) is 0. The molecule has 0 aliphatic heterocycles. The van der Waals surface area contributed by atoms with Gasteiger partial charge in [0.25, 0.3) is 0 Å². The van der Waals surface area contributed by atoms with Crippen LogP contribution in [0.4, 0.5) is 0 Å². The molecule has 1 aromatic rings. The Morgan fingerprint density at radius 2 is 2.15 bits per heavy atom. The van der Waals surface area contributed by atoms with Gasteiger partial charge in [-0.15, -0.1) is 17.0 Å². The lowest BCUT2D eigenvalue weighted by Crippen LogP contribution is -2.08. The first-order chi connectivity index (χ1) is 5.86. The Labute approximate surface area is 91.1 Å². The van der Waals surface area contributed by atoms with Crippen LogP contribution in [-0.2, 0) is 6.54 Å². The van der Waals surface area contributed by atoms with Crippen LogP contribution in [0, 0.1) is 5.92 Å². The molecule has 1 atom stereocenters. The molecule has 1 heterocycles. The summed E-state index contributed by atoms with van der Waals surface area (Å²) >= 11 is 0. The number of hydrogen-bond acceptors (Lipinski definition) is 1. The van der Waals surface area contributed by atoms with Crippen molar-refractivity contribution in [1.29, 1.82) is 0 Å². The average Bonchev–Trinajstić information content (AvgIpc) is 2.56. The Balaban J connectivity index is 0.00000144. The Bertz CT molecular complexity index is 197. The lowest BCUT2D eigenvalue weighted by atomic mass is 10.0. The van der Waals surface area contributed by atoms with Crippen LogP contribution in [0.25, 0.3) is 0 Å². The zero-order valence-corrected chi connectivity index (χ0v) is 10.2. The van der Waals surface area contributed by atoms with Crippen molar-refractivity contribution >= 4 is 17.0 Å². The largest absolute Gasteiger partial charge is 0.337 e. The van der Waals surface area contributed by atoms with Crippen molar-refractivity contribution in [3.05, 3.63) is 18.7 Å². The zero-order chi connectivity index (χ0) is 8.81. The second-order valence-corrected chi connectivity index (χ2v) is 3.32. The second kappa shape index (κ2) is 7.13. The van der Waals surface area contributed by atoms with Gasteiger partial charge in [0.15, 0.2) is 0 Å². The number of aromatic nitrogens is 2. The molecule has 0 aliphatic rings. The van der Waals surface area contributed by atoms with Crippen LogP contribution in [0.5, 0.6) is 0 Å². The molecule has 0 aromatic carbocycles. The highest BCUT2D eigenvalue weighted by Crippen LogP contribution is 2.12. The number of nitrogens with zero attached hydrogens (tertiary/aromatic N) is 2. The first-order valence-electron chi connectivity index (χ1n) is 4.82. The molecule has 0 bridgehead atoms. The minimum absolute atomic E-state index is 0. The highest BCUT2D eigenvalue weighted by atomic mass is 79.9. The molecule has 76 valence electrons. The monoisotopic (exact) mass is 246 g/mol. The van der Waals surface area contributed by atoms with E-state index in [0.717, 1.165) is 12.5 Å². The van der Waals surface area contributed by atoms with Gasteiger partial charge in [0.2, 0.25) is 0 Å². The molecule has 0 saturated heterocycles. The normalized spacial score (nSPS) is 12.2. The van der Waals surface area contributed by atoms with Gasteiger partial charge in [-0.05, 0) is 12.3 Å². The van der Waals surface area contributed by atoms with Gasteiger partial charge < -0.3 is 4.57 Å². The fourth-order valence-electron chi connectivity index (χ4n) is 1.53. The van der Waals surface area contributed by atoms with Gasteiger partial charge in [-0.2, -0.15) is 0 Å². The Morgan fingerprint density at radius 1 is 1.38 bits per heavy atom. The molecule has 0 amide bonds. The quantitative estimate of drug-likeness (QED) is 0.780. The van der Waals surface area contributed by atoms with Crippen LogP contribution < -0.4 is 0 Å². The van der Waals surface area contributed by atoms with Crippen LogP contribution >= 0.6 is 17.0 Å². The van der Waals surface area contributed by atoms with E-state index in [2.05, 4.69) is 23.4 Å². The predicted molar refractivity (Wildman–Crippen MR) is 61.2 cm³/mol. The highest BCUT2D eigenvalue weighted by Gasteiger charge is 2.04. The van der Waals surface area contributed by atoms with Gasteiger partial charge in [0, 0.05) is 18.9 Å². The van der Waals surface area contributed by atoms with E-state index in [9.17, 15) is 0 Å². The Hall–Kier alpha value is -0.310. The third-order valence-corrected chi connectivity index (χ3v) is 2.30. The van der Waals surface area contributed by atoms with Crippen molar-refractivity contribution in [3.63, 3.8) is 0 Å². The summed E-state index contributed by atoms with van der Waals surface area (Å²) in [4.78, 5) is 4.03. The first kappa shape index (κ1) is 12.7. The van der Waals surface area contributed by atoms with Gasteiger partial charge in [0.1, 0.15) is 0 Å². The van der Waals surface area contributed by atoms with Crippen LogP contribution in [0.1, 0.15) is 33.1 Å². The van der Waals surface area contributed by atoms with Gasteiger partial charge in [0.05, 0.1) is 6.33 Å². The summed E-state index contributed by atoms with van der Waals surface area (Å²) in [6.45, 7) is 5.64. The van der Waals surface area contributed by atoms with Crippen molar-refractivity contribution in [2.75, 3.05) is 0 Å².